The maximum atomic E-state index is 11.0. The fraction of sp³-hybridized carbons (Fsp3) is 0.357. The maximum absolute atomic E-state index is 11.0. The van der Waals surface area contributed by atoms with Crippen LogP contribution in [0.25, 0.3) is 10.9 Å². The number of nitrogens with one attached hydrogen (secondary N) is 1. The number of rotatable bonds is 3. The molecule has 2 heterocycles. The zero-order valence-corrected chi connectivity index (χ0v) is 11.7. The Morgan fingerprint density at radius 3 is 2.85 bits per heavy atom. The van der Waals surface area contributed by atoms with E-state index in [4.69, 9.17) is 5.11 Å². The average molecular weight is 289 g/mol. The second-order valence-electron chi connectivity index (χ2n) is 4.79. The van der Waals surface area contributed by atoms with E-state index in [2.05, 4.69) is 15.3 Å². The lowest BCUT2D eigenvalue weighted by Gasteiger charge is -2.23. The van der Waals surface area contributed by atoms with E-state index in [1.54, 1.807) is 18.2 Å². The molecule has 0 bridgehead atoms. The van der Waals surface area contributed by atoms with Crippen LogP contribution >= 0.6 is 11.8 Å². The number of aromatic nitrogens is 2. The van der Waals surface area contributed by atoms with Gasteiger partial charge in [-0.2, -0.15) is 11.8 Å². The Bertz CT molecular complexity index is 641. The zero-order valence-electron chi connectivity index (χ0n) is 10.9. The molecule has 6 heteroatoms. The fourth-order valence-electron chi connectivity index (χ4n) is 2.34. The van der Waals surface area contributed by atoms with Crippen LogP contribution in [-0.4, -0.2) is 38.6 Å². The van der Waals surface area contributed by atoms with Gasteiger partial charge in [0.2, 0.25) is 0 Å². The largest absolute Gasteiger partial charge is 0.478 e. The monoisotopic (exact) mass is 289 g/mol. The molecule has 0 aliphatic carbocycles. The second-order valence-corrected chi connectivity index (χ2v) is 6.02. The number of hydrogen-bond donors (Lipinski definition) is 2. The number of thioether (sulfide) groups is 1. The highest BCUT2D eigenvalue weighted by Crippen LogP contribution is 2.24. The molecular formula is C14H15N3O2S. The summed E-state index contributed by atoms with van der Waals surface area (Å²) in [4.78, 5) is 19.4. The summed E-state index contributed by atoms with van der Waals surface area (Å²) in [7, 11) is 0. The molecule has 104 valence electrons. The third-order valence-electron chi connectivity index (χ3n) is 3.45. The molecule has 5 nitrogen and oxygen atoms in total. The predicted molar refractivity (Wildman–Crippen MR) is 80.5 cm³/mol. The van der Waals surface area contributed by atoms with Crippen LogP contribution in [-0.2, 0) is 0 Å². The summed E-state index contributed by atoms with van der Waals surface area (Å²) in [5, 5.41) is 13.3. The SMILES string of the molecule is O=C(O)c1ccc2c(NC3CCSCC3)ncnc2c1. The molecule has 0 spiro atoms. The predicted octanol–water partition coefficient (Wildman–Crippen LogP) is 2.64. The van der Waals surface area contributed by atoms with Gasteiger partial charge in [0.05, 0.1) is 11.1 Å². The highest BCUT2D eigenvalue weighted by Gasteiger charge is 2.15. The van der Waals surface area contributed by atoms with E-state index in [9.17, 15) is 4.79 Å². The Hall–Kier alpha value is -1.82. The number of nitrogens with zero attached hydrogens (tertiary/aromatic N) is 2. The van der Waals surface area contributed by atoms with Gasteiger partial charge >= 0.3 is 5.97 Å². The number of anilines is 1. The van der Waals surface area contributed by atoms with Crippen LogP contribution in [0.15, 0.2) is 24.5 Å². The van der Waals surface area contributed by atoms with E-state index in [1.807, 2.05) is 11.8 Å². The van der Waals surface area contributed by atoms with Gasteiger partial charge in [-0.25, -0.2) is 14.8 Å². The van der Waals surface area contributed by atoms with Crippen LogP contribution in [0.4, 0.5) is 5.82 Å². The molecule has 0 unspecified atom stereocenters. The second kappa shape index (κ2) is 5.66. The van der Waals surface area contributed by atoms with Crippen molar-refractivity contribution >= 4 is 34.5 Å². The molecule has 0 amide bonds. The van der Waals surface area contributed by atoms with Gasteiger partial charge in [-0.05, 0) is 42.5 Å². The number of carbonyl (C=O) groups is 1. The van der Waals surface area contributed by atoms with Crippen LogP contribution in [0.5, 0.6) is 0 Å². The van der Waals surface area contributed by atoms with Gasteiger partial charge in [0.15, 0.2) is 0 Å². The summed E-state index contributed by atoms with van der Waals surface area (Å²) in [5.41, 5.74) is 0.906. The van der Waals surface area contributed by atoms with Gasteiger partial charge in [-0.1, -0.05) is 0 Å². The maximum Gasteiger partial charge on any atom is 0.335 e. The van der Waals surface area contributed by atoms with Crippen LogP contribution < -0.4 is 5.32 Å². The molecule has 3 rings (SSSR count). The van der Waals surface area contributed by atoms with E-state index in [0.717, 1.165) is 24.0 Å². The molecule has 1 aromatic heterocycles. The van der Waals surface area contributed by atoms with Crippen molar-refractivity contribution in [3.8, 4) is 0 Å². The van der Waals surface area contributed by atoms with Gasteiger partial charge in [0, 0.05) is 11.4 Å². The van der Waals surface area contributed by atoms with Crippen molar-refractivity contribution in [1.29, 1.82) is 0 Å². The molecule has 2 aromatic rings. The minimum atomic E-state index is -0.940. The number of benzene rings is 1. The van der Waals surface area contributed by atoms with Crippen molar-refractivity contribution in [3.05, 3.63) is 30.1 Å². The summed E-state index contributed by atoms with van der Waals surface area (Å²) in [5.74, 6) is 2.20. The minimum absolute atomic E-state index is 0.246. The van der Waals surface area contributed by atoms with Crippen molar-refractivity contribution in [3.63, 3.8) is 0 Å². The van der Waals surface area contributed by atoms with Crippen molar-refractivity contribution in [2.75, 3.05) is 16.8 Å². The molecule has 1 aliphatic rings. The molecule has 2 N–H and O–H groups in total. The van der Waals surface area contributed by atoms with Crippen LogP contribution in [0.2, 0.25) is 0 Å². The first-order valence-electron chi connectivity index (χ1n) is 6.56. The zero-order chi connectivity index (χ0) is 13.9. The summed E-state index contributed by atoms with van der Waals surface area (Å²) in [6.45, 7) is 0. The highest BCUT2D eigenvalue weighted by molar-refractivity contribution is 7.99. The lowest BCUT2D eigenvalue weighted by Crippen LogP contribution is -2.25. The summed E-state index contributed by atoms with van der Waals surface area (Å²) in [6, 6.07) is 5.39. The van der Waals surface area contributed by atoms with Crippen molar-refractivity contribution in [1.82, 2.24) is 9.97 Å². The van der Waals surface area contributed by atoms with E-state index >= 15 is 0 Å². The lowest BCUT2D eigenvalue weighted by molar-refractivity contribution is 0.0697. The van der Waals surface area contributed by atoms with Crippen LogP contribution in [0.3, 0.4) is 0 Å². The fourth-order valence-corrected chi connectivity index (χ4v) is 3.45. The number of fused-ring (bicyclic) bond motifs is 1. The van der Waals surface area contributed by atoms with Gasteiger partial charge < -0.3 is 10.4 Å². The van der Waals surface area contributed by atoms with E-state index < -0.39 is 5.97 Å². The third-order valence-corrected chi connectivity index (χ3v) is 4.49. The van der Waals surface area contributed by atoms with Crippen molar-refractivity contribution in [2.45, 2.75) is 18.9 Å². The van der Waals surface area contributed by atoms with Crippen molar-refractivity contribution < 1.29 is 9.90 Å². The minimum Gasteiger partial charge on any atom is -0.478 e. The Labute approximate surface area is 120 Å². The Morgan fingerprint density at radius 1 is 1.30 bits per heavy atom. The molecule has 1 saturated heterocycles. The van der Waals surface area contributed by atoms with E-state index in [0.29, 0.717) is 11.6 Å². The number of aromatic carboxylic acids is 1. The lowest BCUT2D eigenvalue weighted by atomic mass is 10.1. The summed E-state index contributed by atoms with van der Waals surface area (Å²) < 4.78 is 0. The van der Waals surface area contributed by atoms with E-state index in [1.165, 1.54) is 17.8 Å². The normalized spacial score (nSPS) is 16.2. The van der Waals surface area contributed by atoms with Gasteiger partial charge in [0.1, 0.15) is 12.1 Å². The third kappa shape index (κ3) is 2.70. The van der Waals surface area contributed by atoms with E-state index in [-0.39, 0.29) is 5.56 Å². The Balaban J connectivity index is 1.92. The summed E-state index contributed by atoms with van der Waals surface area (Å²) in [6.07, 6.45) is 3.74. The summed E-state index contributed by atoms with van der Waals surface area (Å²) >= 11 is 1.98. The highest BCUT2D eigenvalue weighted by atomic mass is 32.2. The standard InChI is InChI=1S/C14H15N3O2S/c18-14(19)9-1-2-11-12(7-9)15-8-16-13(11)17-10-3-5-20-6-4-10/h1-2,7-8,10H,3-6H2,(H,18,19)(H,15,16,17). The van der Waals surface area contributed by atoms with Crippen LogP contribution in [0.1, 0.15) is 23.2 Å². The van der Waals surface area contributed by atoms with Gasteiger partial charge in [0.25, 0.3) is 0 Å². The average Bonchev–Trinajstić information content (AvgIpc) is 2.48. The quantitative estimate of drug-likeness (QED) is 0.904. The Morgan fingerprint density at radius 2 is 2.10 bits per heavy atom. The molecule has 0 saturated carbocycles. The first-order valence-corrected chi connectivity index (χ1v) is 7.72. The first kappa shape index (κ1) is 13.2. The molecule has 0 radical (unpaired) electrons. The molecule has 0 atom stereocenters. The number of hydrogen-bond acceptors (Lipinski definition) is 5. The van der Waals surface area contributed by atoms with Crippen LogP contribution in [0, 0.1) is 0 Å². The molecule has 20 heavy (non-hydrogen) atoms. The molecular weight excluding hydrogens is 274 g/mol. The topological polar surface area (TPSA) is 75.1 Å². The Kier molecular flexibility index (Phi) is 3.73. The van der Waals surface area contributed by atoms with Gasteiger partial charge in [-0.15, -0.1) is 0 Å². The molecule has 1 aliphatic heterocycles. The first-order chi connectivity index (χ1) is 9.74. The smallest absolute Gasteiger partial charge is 0.335 e. The molecule has 1 fully saturated rings. The van der Waals surface area contributed by atoms with Gasteiger partial charge in [-0.3, -0.25) is 0 Å². The van der Waals surface area contributed by atoms with Crippen molar-refractivity contribution in [2.24, 2.45) is 0 Å². The number of carboxylic acids is 1. The number of carboxylic acid groups (broad SMARTS) is 1. The molecule has 1 aromatic carbocycles.